The fourth-order valence-corrected chi connectivity index (χ4v) is 10.4. The molecule has 6 heteroatoms. The second kappa shape index (κ2) is 66.9. The maximum absolute atomic E-state index is 12.9. The Bertz CT molecular complexity index is 1350. The SMILES string of the molecule is CC/C=C\C/C=C\C/C=C\CCCCCC(=O)OCC(COC(=O)CCCCCCCCCCCCCCCCCCCCC/C=C\CCCCCCCCCC)OC(=O)CCCCCCCCCCCCCCCCCC. The highest BCUT2D eigenvalue weighted by Gasteiger charge is 2.19. The Morgan fingerprint density at radius 1 is 0.269 bits per heavy atom. The molecule has 0 bridgehead atoms. The summed E-state index contributed by atoms with van der Waals surface area (Å²) in [4.78, 5) is 38.3. The molecule has 1 unspecified atom stereocenters. The fraction of sp³-hybridized carbons (Fsp3) is 0.847. The van der Waals surface area contributed by atoms with E-state index in [0.29, 0.717) is 19.3 Å². The van der Waals surface area contributed by atoms with Crippen LogP contribution in [0.5, 0.6) is 0 Å². The molecule has 0 radical (unpaired) electrons. The highest BCUT2D eigenvalue weighted by molar-refractivity contribution is 5.71. The zero-order valence-corrected chi connectivity index (χ0v) is 52.5. The highest BCUT2D eigenvalue weighted by Crippen LogP contribution is 2.18. The Balaban J connectivity index is 4.14. The van der Waals surface area contributed by atoms with Gasteiger partial charge in [-0.1, -0.05) is 326 Å². The molecule has 0 fully saturated rings. The number of rotatable bonds is 64. The third kappa shape index (κ3) is 64.2. The first kappa shape index (κ1) is 75.4. The summed E-state index contributed by atoms with van der Waals surface area (Å²) < 4.78 is 16.9. The van der Waals surface area contributed by atoms with Gasteiger partial charge < -0.3 is 14.2 Å². The van der Waals surface area contributed by atoms with Crippen LogP contribution in [-0.2, 0) is 28.6 Å². The molecular weight excluding hydrogens is 961 g/mol. The molecule has 456 valence electrons. The third-order valence-electron chi connectivity index (χ3n) is 15.6. The second-order valence-corrected chi connectivity index (χ2v) is 23.4. The van der Waals surface area contributed by atoms with Gasteiger partial charge in [-0.2, -0.15) is 0 Å². The van der Waals surface area contributed by atoms with Gasteiger partial charge in [0.1, 0.15) is 13.2 Å². The zero-order chi connectivity index (χ0) is 56.4. The first-order chi connectivity index (χ1) is 38.5. The Hall–Kier alpha value is -2.63. The molecule has 0 heterocycles. The largest absolute Gasteiger partial charge is 0.462 e. The maximum atomic E-state index is 12.9. The van der Waals surface area contributed by atoms with Gasteiger partial charge in [0, 0.05) is 19.3 Å². The normalized spacial score (nSPS) is 12.3. The number of esters is 3. The minimum atomic E-state index is -0.782. The van der Waals surface area contributed by atoms with Crippen LogP contribution in [0.15, 0.2) is 48.6 Å². The van der Waals surface area contributed by atoms with E-state index in [0.717, 1.165) is 83.5 Å². The van der Waals surface area contributed by atoms with E-state index in [1.165, 1.54) is 250 Å². The molecule has 0 aliphatic carbocycles. The van der Waals surface area contributed by atoms with E-state index < -0.39 is 6.10 Å². The lowest BCUT2D eigenvalue weighted by molar-refractivity contribution is -0.167. The van der Waals surface area contributed by atoms with Crippen molar-refractivity contribution < 1.29 is 28.6 Å². The smallest absolute Gasteiger partial charge is 0.306 e. The van der Waals surface area contributed by atoms with Gasteiger partial charge in [-0.3, -0.25) is 14.4 Å². The first-order valence-electron chi connectivity index (χ1n) is 34.6. The number of allylic oxidation sites excluding steroid dienone is 8. The average Bonchev–Trinajstić information content (AvgIpc) is 3.44. The van der Waals surface area contributed by atoms with Crippen molar-refractivity contribution in [3.05, 3.63) is 48.6 Å². The van der Waals surface area contributed by atoms with Gasteiger partial charge in [0.25, 0.3) is 0 Å². The Labute approximate surface area is 486 Å². The predicted octanol–water partition coefficient (Wildman–Crippen LogP) is 23.7. The molecule has 0 N–H and O–H groups in total. The Morgan fingerprint density at radius 2 is 0.500 bits per heavy atom. The van der Waals surface area contributed by atoms with Gasteiger partial charge in [0.15, 0.2) is 6.10 Å². The van der Waals surface area contributed by atoms with Crippen molar-refractivity contribution in [3.63, 3.8) is 0 Å². The van der Waals surface area contributed by atoms with E-state index in [9.17, 15) is 14.4 Å². The first-order valence-corrected chi connectivity index (χ1v) is 34.6. The average molecular weight is 1090 g/mol. The van der Waals surface area contributed by atoms with Crippen molar-refractivity contribution in [2.75, 3.05) is 13.2 Å². The van der Waals surface area contributed by atoms with Crippen molar-refractivity contribution in [1.29, 1.82) is 0 Å². The van der Waals surface area contributed by atoms with Crippen molar-refractivity contribution in [2.45, 2.75) is 380 Å². The summed E-state index contributed by atoms with van der Waals surface area (Å²) >= 11 is 0. The molecule has 0 aromatic heterocycles. The topological polar surface area (TPSA) is 78.9 Å². The van der Waals surface area contributed by atoms with E-state index in [-0.39, 0.29) is 31.1 Å². The minimum absolute atomic E-state index is 0.0775. The van der Waals surface area contributed by atoms with Crippen LogP contribution in [0, 0.1) is 0 Å². The summed E-state index contributed by atoms with van der Waals surface area (Å²) in [6.07, 6.45) is 84.4. The van der Waals surface area contributed by atoms with E-state index in [2.05, 4.69) is 69.4 Å². The summed E-state index contributed by atoms with van der Waals surface area (Å²) in [7, 11) is 0. The summed E-state index contributed by atoms with van der Waals surface area (Å²) in [6.45, 7) is 6.56. The number of carbonyl (C=O) groups is 3. The second-order valence-electron chi connectivity index (χ2n) is 23.4. The van der Waals surface area contributed by atoms with E-state index >= 15 is 0 Å². The monoisotopic (exact) mass is 1090 g/mol. The van der Waals surface area contributed by atoms with Crippen molar-refractivity contribution in [3.8, 4) is 0 Å². The number of hydrogen-bond acceptors (Lipinski definition) is 6. The quantitative estimate of drug-likeness (QED) is 0.0261. The van der Waals surface area contributed by atoms with E-state index in [1.807, 2.05) is 0 Å². The minimum Gasteiger partial charge on any atom is -0.462 e. The molecule has 0 aliphatic rings. The maximum Gasteiger partial charge on any atom is 0.306 e. The lowest BCUT2D eigenvalue weighted by Crippen LogP contribution is -2.30. The Kier molecular flexibility index (Phi) is 64.6. The zero-order valence-electron chi connectivity index (χ0n) is 52.5. The molecule has 0 amide bonds. The number of carbonyl (C=O) groups excluding carboxylic acids is 3. The third-order valence-corrected chi connectivity index (χ3v) is 15.6. The van der Waals surface area contributed by atoms with Crippen LogP contribution in [0.4, 0.5) is 0 Å². The van der Waals surface area contributed by atoms with E-state index in [4.69, 9.17) is 14.2 Å². The summed E-state index contributed by atoms with van der Waals surface area (Å²) in [6, 6.07) is 0. The highest BCUT2D eigenvalue weighted by atomic mass is 16.6. The summed E-state index contributed by atoms with van der Waals surface area (Å²) in [5.74, 6) is -0.884. The summed E-state index contributed by atoms with van der Waals surface area (Å²) in [5, 5.41) is 0. The summed E-state index contributed by atoms with van der Waals surface area (Å²) in [5.41, 5.74) is 0. The molecule has 0 aliphatic heterocycles. The van der Waals surface area contributed by atoms with Gasteiger partial charge in [-0.05, 0) is 77.0 Å². The number of unbranched alkanes of at least 4 members (excludes halogenated alkanes) is 45. The molecule has 0 saturated heterocycles. The fourth-order valence-electron chi connectivity index (χ4n) is 10.4. The molecular formula is C72H132O6. The van der Waals surface area contributed by atoms with Crippen molar-refractivity contribution in [1.82, 2.24) is 0 Å². The molecule has 0 saturated carbocycles. The Morgan fingerprint density at radius 3 is 0.808 bits per heavy atom. The van der Waals surface area contributed by atoms with Crippen molar-refractivity contribution >= 4 is 17.9 Å². The molecule has 0 aromatic rings. The molecule has 0 aromatic carbocycles. The van der Waals surface area contributed by atoms with Gasteiger partial charge in [0.05, 0.1) is 0 Å². The lowest BCUT2D eigenvalue weighted by Gasteiger charge is -2.18. The van der Waals surface area contributed by atoms with Crippen LogP contribution in [0.3, 0.4) is 0 Å². The van der Waals surface area contributed by atoms with Gasteiger partial charge in [-0.15, -0.1) is 0 Å². The predicted molar refractivity (Wildman–Crippen MR) is 339 cm³/mol. The molecule has 78 heavy (non-hydrogen) atoms. The van der Waals surface area contributed by atoms with Crippen LogP contribution in [0.25, 0.3) is 0 Å². The van der Waals surface area contributed by atoms with Gasteiger partial charge in [-0.25, -0.2) is 0 Å². The number of hydrogen-bond donors (Lipinski definition) is 0. The van der Waals surface area contributed by atoms with E-state index in [1.54, 1.807) is 0 Å². The molecule has 0 rings (SSSR count). The molecule has 1 atom stereocenters. The van der Waals surface area contributed by atoms with Crippen LogP contribution < -0.4 is 0 Å². The van der Waals surface area contributed by atoms with Crippen molar-refractivity contribution in [2.24, 2.45) is 0 Å². The van der Waals surface area contributed by atoms with Gasteiger partial charge in [0.2, 0.25) is 0 Å². The molecule has 0 spiro atoms. The lowest BCUT2D eigenvalue weighted by atomic mass is 10.0. The number of ether oxygens (including phenoxy) is 3. The standard InChI is InChI=1S/C72H132O6/c1-4-7-10-13-16-19-22-25-27-29-30-31-32-33-34-35-36-37-38-39-40-41-42-43-45-47-50-53-56-59-62-65-71(74)77-68-69(67-76-70(73)64-61-58-55-52-49-46-24-21-18-15-12-9-6-3)78-72(75)66-63-60-57-54-51-48-44-28-26-23-20-17-14-11-8-5-2/h9,12,18,21,29-30,46,49,69H,4-8,10-11,13-17,19-20,22-28,31-45,47-48,50-68H2,1-3H3/b12-9-,21-18-,30-29-,49-46-. The van der Waals surface area contributed by atoms with Crippen LogP contribution in [-0.4, -0.2) is 37.2 Å². The van der Waals surface area contributed by atoms with Crippen LogP contribution in [0.2, 0.25) is 0 Å². The van der Waals surface area contributed by atoms with Crippen LogP contribution >= 0.6 is 0 Å². The van der Waals surface area contributed by atoms with Crippen LogP contribution in [0.1, 0.15) is 374 Å². The molecule has 6 nitrogen and oxygen atoms in total. The van der Waals surface area contributed by atoms with Gasteiger partial charge >= 0.3 is 17.9 Å².